The van der Waals surface area contributed by atoms with Crippen molar-refractivity contribution in [3.8, 4) is 5.75 Å². The van der Waals surface area contributed by atoms with E-state index in [-0.39, 0.29) is 18.2 Å². The fourth-order valence-electron chi connectivity index (χ4n) is 2.38. The van der Waals surface area contributed by atoms with Crippen LogP contribution >= 0.6 is 11.3 Å². The Kier molecular flexibility index (Phi) is 6.74. The standard InChI is InChI=1S/C18H20N2O5S/c1-11(21)19-15(12-4-6-13(24-2)7-5-12)10-16(22)20-14-8-9-26-17(14)18(23)25-3/h4-9,15H,10H2,1-3H3,(H,19,21)(H,20,22)/t15-/m0/s1. The Morgan fingerprint density at radius 3 is 2.38 bits per heavy atom. The van der Waals surface area contributed by atoms with E-state index in [0.717, 1.165) is 5.56 Å². The minimum absolute atomic E-state index is 0.0162. The Morgan fingerprint density at radius 1 is 1.12 bits per heavy atom. The molecule has 0 bridgehead atoms. The maximum absolute atomic E-state index is 12.4. The zero-order chi connectivity index (χ0) is 19.1. The molecule has 8 heteroatoms. The van der Waals surface area contributed by atoms with Gasteiger partial charge < -0.3 is 20.1 Å². The van der Waals surface area contributed by atoms with Crippen molar-refractivity contribution >= 4 is 34.8 Å². The first kappa shape index (κ1) is 19.5. The minimum atomic E-state index is -0.510. The lowest BCUT2D eigenvalue weighted by molar-refractivity contribution is -0.120. The zero-order valence-corrected chi connectivity index (χ0v) is 15.5. The molecule has 2 aromatic rings. The number of benzene rings is 1. The summed E-state index contributed by atoms with van der Waals surface area (Å²) in [6.45, 7) is 1.39. The molecular weight excluding hydrogens is 356 g/mol. The lowest BCUT2D eigenvalue weighted by Gasteiger charge is -2.18. The highest BCUT2D eigenvalue weighted by atomic mass is 32.1. The first-order valence-electron chi connectivity index (χ1n) is 7.81. The maximum Gasteiger partial charge on any atom is 0.350 e. The van der Waals surface area contributed by atoms with E-state index < -0.39 is 12.0 Å². The quantitative estimate of drug-likeness (QED) is 0.725. The molecule has 0 aliphatic carbocycles. The van der Waals surface area contributed by atoms with Crippen molar-refractivity contribution in [2.75, 3.05) is 19.5 Å². The molecule has 0 unspecified atom stereocenters. The van der Waals surface area contributed by atoms with Crippen LogP contribution in [0.25, 0.3) is 0 Å². The van der Waals surface area contributed by atoms with Crippen LogP contribution in [-0.2, 0) is 14.3 Å². The molecule has 0 radical (unpaired) electrons. The van der Waals surface area contributed by atoms with Crippen LogP contribution in [0.5, 0.6) is 5.75 Å². The Labute approximate surface area is 155 Å². The smallest absolute Gasteiger partial charge is 0.350 e. The van der Waals surface area contributed by atoms with Crippen LogP contribution in [0.3, 0.4) is 0 Å². The number of rotatable bonds is 7. The fourth-order valence-corrected chi connectivity index (χ4v) is 3.14. The van der Waals surface area contributed by atoms with Crippen molar-refractivity contribution in [1.82, 2.24) is 5.32 Å². The van der Waals surface area contributed by atoms with Gasteiger partial charge in [-0.15, -0.1) is 11.3 Å². The van der Waals surface area contributed by atoms with E-state index in [1.807, 2.05) is 0 Å². The van der Waals surface area contributed by atoms with Gasteiger partial charge in [-0.05, 0) is 29.1 Å². The second-order valence-electron chi connectivity index (χ2n) is 5.43. The third kappa shape index (κ3) is 5.06. The normalized spacial score (nSPS) is 11.3. The predicted molar refractivity (Wildman–Crippen MR) is 98.5 cm³/mol. The number of carbonyl (C=O) groups excluding carboxylic acids is 3. The topological polar surface area (TPSA) is 93.7 Å². The number of amides is 2. The van der Waals surface area contributed by atoms with Crippen LogP contribution in [0, 0.1) is 0 Å². The Morgan fingerprint density at radius 2 is 1.81 bits per heavy atom. The lowest BCUT2D eigenvalue weighted by Crippen LogP contribution is -2.29. The molecule has 0 spiro atoms. The molecule has 1 heterocycles. The van der Waals surface area contributed by atoms with Gasteiger partial charge >= 0.3 is 5.97 Å². The molecule has 0 aliphatic rings. The van der Waals surface area contributed by atoms with Crippen molar-refractivity contribution in [3.63, 3.8) is 0 Å². The van der Waals surface area contributed by atoms with Gasteiger partial charge in [-0.1, -0.05) is 12.1 Å². The van der Waals surface area contributed by atoms with Gasteiger partial charge in [0.05, 0.1) is 32.4 Å². The number of hydrogen-bond donors (Lipinski definition) is 2. The van der Waals surface area contributed by atoms with Gasteiger partial charge in [0, 0.05) is 6.92 Å². The van der Waals surface area contributed by atoms with E-state index in [1.54, 1.807) is 42.8 Å². The molecule has 26 heavy (non-hydrogen) atoms. The van der Waals surface area contributed by atoms with E-state index in [9.17, 15) is 14.4 Å². The number of methoxy groups -OCH3 is 2. The Balaban J connectivity index is 2.12. The highest BCUT2D eigenvalue weighted by Gasteiger charge is 2.20. The van der Waals surface area contributed by atoms with Gasteiger partial charge in [0.25, 0.3) is 0 Å². The number of nitrogens with one attached hydrogen (secondary N) is 2. The highest BCUT2D eigenvalue weighted by molar-refractivity contribution is 7.12. The Bertz CT molecular complexity index is 785. The van der Waals surface area contributed by atoms with Crippen LogP contribution < -0.4 is 15.4 Å². The molecule has 7 nitrogen and oxygen atoms in total. The van der Waals surface area contributed by atoms with Gasteiger partial charge in [-0.25, -0.2) is 4.79 Å². The Hall–Kier alpha value is -2.87. The molecule has 138 valence electrons. The molecule has 2 amide bonds. The first-order chi connectivity index (χ1) is 12.4. The molecule has 1 atom stereocenters. The largest absolute Gasteiger partial charge is 0.497 e. The van der Waals surface area contributed by atoms with Gasteiger partial charge in [0.1, 0.15) is 10.6 Å². The van der Waals surface area contributed by atoms with Crippen LogP contribution in [0.15, 0.2) is 35.7 Å². The number of carbonyl (C=O) groups is 3. The summed E-state index contributed by atoms with van der Waals surface area (Å²) in [5.74, 6) is -0.405. The summed E-state index contributed by atoms with van der Waals surface area (Å²) in [6, 6.07) is 8.23. The third-order valence-electron chi connectivity index (χ3n) is 3.60. The molecule has 1 aromatic carbocycles. The van der Waals surface area contributed by atoms with Crippen molar-refractivity contribution in [2.24, 2.45) is 0 Å². The number of thiophene rings is 1. The second kappa shape index (κ2) is 9.00. The van der Waals surface area contributed by atoms with Crippen LogP contribution in [0.1, 0.15) is 34.6 Å². The van der Waals surface area contributed by atoms with Gasteiger partial charge in [-0.2, -0.15) is 0 Å². The van der Waals surface area contributed by atoms with Crippen LogP contribution in [0.4, 0.5) is 5.69 Å². The summed E-state index contributed by atoms with van der Waals surface area (Å²) in [5.41, 5.74) is 1.16. The summed E-state index contributed by atoms with van der Waals surface area (Å²) >= 11 is 1.18. The summed E-state index contributed by atoms with van der Waals surface area (Å²) < 4.78 is 9.81. The van der Waals surface area contributed by atoms with E-state index in [1.165, 1.54) is 25.4 Å². The highest BCUT2D eigenvalue weighted by Crippen LogP contribution is 2.25. The minimum Gasteiger partial charge on any atom is -0.497 e. The molecule has 0 saturated heterocycles. The first-order valence-corrected chi connectivity index (χ1v) is 8.69. The van der Waals surface area contributed by atoms with Crippen molar-refractivity contribution in [1.29, 1.82) is 0 Å². The summed E-state index contributed by atoms with van der Waals surface area (Å²) in [6.07, 6.45) is 0.0162. The van der Waals surface area contributed by atoms with E-state index in [2.05, 4.69) is 10.6 Å². The molecule has 0 fully saturated rings. The van der Waals surface area contributed by atoms with Gasteiger partial charge in [0.2, 0.25) is 11.8 Å². The predicted octanol–water partition coefficient (Wildman–Crippen LogP) is 2.75. The monoisotopic (exact) mass is 376 g/mol. The maximum atomic E-state index is 12.4. The van der Waals surface area contributed by atoms with Gasteiger partial charge in [-0.3, -0.25) is 9.59 Å². The van der Waals surface area contributed by atoms with Crippen molar-refractivity contribution in [3.05, 3.63) is 46.2 Å². The van der Waals surface area contributed by atoms with Gasteiger partial charge in [0.15, 0.2) is 0 Å². The van der Waals surface area contributed by atoms with Crippen LogP contribution in [-0.4, -0.2) is 32.0 Å². The van der Waals surface area contributed by atoms with Crippen molar-refractivity contribution in [2.45, 2.75) is 19.4 Å². The summed E-state index contributed by atoms with van der Waals surface area (Å²) in [4.78, 5) is 35.9. The average Bonchev–Trinajstić information content (AvgIpc) is 3.08. The number of ether oxygens (including phenoxy) is 2. The lowest BCUT2D eigenvalue weighted by atomic mass is 10.0. The summed E-state index contributed by atoms with van der Waals surface area (Å²) in [5, 5.41) is 7.15. The van der Waals surface area contributed by atoms with E-state index in [0.29, 0.717) is 16.3 Å². The molecule has 0 saturated carbocycles. The number of esters is 1. The summed E-state index contributed by atoms with van der Waals surface area (Å²) in [7, 11) is 2.84. The molecular formula is C18H20N2O5S. The third-order valence-corrected chi connectivity index (χ3v) is 4.49. The number of hydrogen-bond acceptors (Lipinski definition) is 6. The molecule has 2 rings (SSSR count). The van der Waals surface area contributed by atoms with Crippen LogP contribution in [0.2, 0.25) is 0 Å². The molecule has 1 aromatic heterocycles. The SMILES string of the molecule is COC(=O)c1sccc1NC(=O)C[C@H](NC(C)=O)c1ccc(OC)cc1. The zero-order valence-electron chi connectivity index (χ0n) is 14.7. The second-order valence-corrected chi connectivity index (χ2v) is 6.35. The van der Waals surface area contributed by atoms with E-state index in [4.69, 9.17) is 9.47 Å². The average molecular weight is 376 g/mol. The molecule has 0 aliphatic heterocycles. The number of anilines is 1. The molecule has 2 N–H and O–H groups in total. The van der Waals surface area contributed by atoms with Crippen molar-refractivity contribution < 1.29 is 23.9 Å². The fraction of sp³-hybridized carbons (Fsp3) is 0.278. The van der Waals surface area contributed by atoms with E-state index >= 15 is 0 Å².